The minimum atomic E-state index is -0.366. The summed E-state index contributed by atoms with van der Waals surface area (Å²) in [5, 5.41) is 9.17. The number of hydrogen-bond donors (Lipinski definition) is 3. The van der Waals surface area contributed by atoms with E-state index in [0.717, 1.165) is 5.69 Å². The first-order valence-electron chi connectivity index (χ1n) is 6.06. The first kappa shape index (κ1) is 13.8. The fourth-order valence-corrected chi connectivity index (χ4v) is 1.58. The van der Waals surface area contributed by atoms with Crippen LogP contribution in [0.1, 0.15) is 0 Å². The molecule has 2 rings (SSSR count). The molecule has 0 aliphatic heterocycles. The van der Waals surface area contributed by atoms with Crippen LogP contribution in [-0.2, 0) is 9.59 Å². The molecule has 1 heterocycles. The van der Waals surface area contributed by atoms with Gasteiger partial charge in [-0.25, -0.2) is 4.68 Å². The van der Waals surface area contributed by atoms with Crippen LogP contribution >= 0.6 is 0 Å². The molecule has 0 aliphatic carbocycles. The van der Waals surface area contributed by atoms with Gasteiger partial charge in [0.05, 0.1) is 18.8 Å². The molecule has 0 radical (unpaired) electrons. The molecule has 0 atom stereocenters. The number of amides is 2. The summed E-state index contributed by atoms with van der Waals surface area (Å²) >= 11 is 0. The Morgan fingerprint density at radius 3 is 2.55 bits per heavy atom. The highest BCUT2D eigenvalue weighted by Gasteiger charge is 2.04. The highest BCUT2D eigenvalue weighted by atomic mass is 16.2. The van der Waals surface area contributed by atoms with E-state index in [9.17, 15) is 9.59 Å². The number of carbonyl (C=O) groups is 2. The summed E-state index contributed by atoms with van der Waals surface area (Å²) in [4.78, 5) is 22.5. The van der Waals surface area contributed by atoms with Gasteiger partial charge in [-0.3, -0.25) is 9.59 Å². The highest BCUT2D eigenvalue weighted by molar-refractivity contribution is 5.94. The molecular weight excluding hydrogens is 258 g/mol. The normalized spacial score (nSPS) is 10.1. The van der Waals surface area contributed by atoms with Gasteiger partial charge in [0.1, 0.15) is 0 Å². The lowest BCUT2D eigenvalue weighted by atomic mass is 10.3. The second-order valence-electron chi connectivity index (χ2n) is 4.03. The standard InChI is InChI=1S/C13H15N5O2/c14-8-12(19)15-9-13(20)17-10-2-4-11(5-3-10)18-7-1-6-16-18/h1-7H,8-9,14H2,(H,15,19)(H,17,20). The molecular formula is C13H15N5O2. The van der Waals surface area contributed by atoms with E-state index >= 15 is 0 Å². The quantitative estimate of drug-likeness (QED) is 0.707. The average Bonchev–Trinajstić information content (AvgIpc) is 2.99. The largest absolute Gasteiger partial charge is 0.346 e. The molecule has 20 heavy (non-hydrogen) atoms. The molecule has 0 aliphatic rings. The molecule has 2 amide bonds. The minimum Gasteiger partial charge on any atom is -0.346 e. The zero-order valence-electron chi connectivity index (χ0n) is 10.7. The summed E-state index contributed by atoms with van der Waals surface area (Å²) in [6.45, 7) is -0.233. The molecule has 7 nitrogen and oxygen atoms in total. The third kappa shape index (κ3) is 3.66. The maximum absolute atomic E-state index is 11.6. The molecule has 7 heteroatoms. The second-order valence-corrected chi connectivity index (χ2v) is 4.03. The fourth-order valence-electron chi connectivity index (χ4n) is 1.58. The smallest absolute Gasteiger partial charge is 0.243 e. The lowest BCUT2D eigenvalue weighted by Crippen LogP contribution is -2.36. The van der Waals surface area contributed by atoms with Gasteiger partial charge in [-0.15, -0.1) is 0 Å². The topological polar surface area (TPSA) is 102 Å². The lowest BCUT2D eigenvalue weighted by Gasteiger charge is -2.07. The number of nitrogens with one attached hydrogen (secondary N) is 2. The zero-order chi connectivity index (χ0) is 14.4. The number of anilines is 1. The maximum Gasteiger partial charge on any atom is 0.243 e. The molecule has 0 saturated heterocycles. The van der Waals surface area contributed by atoms with Crippen LogP contribution in [0.2, 0.25) is 0 Å². The Morgan fingerprint density at radius 2 is 1.95 bits per heavy atom. The summed E-state index contributed by atoms with van der Waals surface area (Å²) in [5.74, 6) is -0.673. The van der Waals surface area contributed by atoms with Gasteiger partial charge in [-0.1, -0.05) is 0 Å². The van der Waals surface area contributed by atoms with E-state index in [0.29, 0.717) is 5.69 Å². The van der Waals surface area contributed by atoms with Crippen molar-refractivity contribution < 1.29 is 9.59 Å². The summed E-state index contributed by atoms with van der Waals surface area (Å²) in [7, 11) is 0. The van der Waals surface area contributed by atoms with Crippen LogP contribution in [0.25, 0.3) is 5.69 Å². The van der Waals surface area contributed by atoms with E-state index in [4.69, 9.17) is 5.73 Å². The first-order valence-corrected chi connectivity index (χ1v) is 6.06. The monoisotopic (exact) mass is 273 g/mol. The van der Waals surface area contributed by atoms with Crippen LogP contribution in [0, 0.1) is 0 Å². The Morgan fingerprint density at radius 1 is 1.20 bits per heavy atom. The van der Waals surface area contributed by atoms with E-state index in [1.807, 2.05) is 24.4 Å². The lowest BCUT2D eigenvalue weighted by molar-refractivity contribution is -0.123. The van der Waals surface area contributed by atoms with Gasteiger partial charge < -0.3 is 16.4 Å². The van der Waals surface area contributed by atoms with Crippen molar-refractivity contribution in [2.45, 2.75) is 0 Å². The van der Waals surface area contributed by atoms with Crippen LogP contribution in [0.4, 0.5) is 5.69 Å². The average molecular weight is 273 g/mol. The Bertz CT molecular complexity index is 577. The summed E-state index contributed by atoms with van der Waals surface area (Å²) < 4.78 is 1.72. The van der Waals surface area contributed by atoms with E-state index in [1.54, 1.807) is 23.0 Å². The number of nitrogens with zero attached hydrogens (tertiary/aromatic N) is 2. The Hall–Kier alpha value is -2.67. The third-order valence-electron chi connectivity index (χ3n) is 2.55. The number of rotatable bonds is 5. The Kier molecular flexibility index (Phi) is 4.46. The van der Waals surface area contributed by atoms with Crippen molar-refractivity contribution in [3.05, 3.63) is 42.7 Å². The van der Waals surface area contributed by atoms with Gasteiger partial charge in [0.2, 0.25) is 11.8 Å². The van der Waals surface area contributed by atoms with Crippen LogP contribution < -0.4 is 16.4 Å². The molecule has 2 aromatic rings. The van der Waals surface area contributed by atoms with E-state index in [1.165, 1.54) is 0 Å². The number of aromatic nitrogens is 2. The van der Waals surface area contributed by atoms with Crippen molar-refractivity contribution in [3.8, 4) is 5.69 Å². The number of benzene rings is 1. The predicted octanol–water partition coefficient (Wildman–Crippen LogP) is -0.114. The molecule has 1 aromatic heterocycles. The number of hydrogen-bond acceptors (Lipinski definition) is 4. The molecule has 0 bridgehead atoms. The molecule has 0 spiro atoms. The van der Waals surface area contributed by atoms with Crippen LogP contribution in [0.3, 0.4) is 0 Å². The Labute approximate surface area is 115 Å². The van der Waals surface area contributed by atoms with E-state index in [-0.39, 0.29) is 24.9 Å². The summed E-state index contributed by atoms with van der Waals surface area (Å²) in [6, 6.07) is 9.03. The van der Waals surface area contributed by atoms with Gasteiger partial charge >= 0.3 is 0 Å². The van der Waals surface area contributed by atoms with Gasteiger partial charge in [0.15, 0.2) is 0 Å². The van der Waals surface area contributed by atoms with Crippen LogP contribution in [-0.4, -0.2) is 34.7 Å². The molecule has 0 fully saturated rings. The molecule has 104 valence electrons. The zero-order valence-corrected chi connectivity index (χ0v) is 10.7. The second kappa shape index (κ2) is 6.48. The first-order chi connectivity index (χ1) is 9.69. The van der Waals surface area contributed by atoms with Crippen molar-refractivity contribution in [2.75, 3.05) is 18.4 Å². The van der Waals surface area contributed by atoms with Crippen LogP contribution in [0.15, 0.2) is 42.7 Å². The van der Waals surface area contributed by atoms with Gasteiger partial charge in [0.25, 0.3) is 0 Å². The highest BCUT2D eigenvalue weighted by Crippen LogP contribution is 2.12. The van der Waals surface area contributed by atoms with Crippen molar-refractivity contribution in [2.24, 2.45) is 5.73 Å². The molecule has 0 saturated carbocycles. The number of nitrogens with two attached hydrogens (primary N) is 1. The minimum absolute atomic E-state index is 0.100. The van der Waals surface area contributed by atoms with Gasteiger partial charge in [0, 0.05) is 18.1 Å². The van der Waals surface area contributed by atoms with Crippen molar-refractivity contribution in [1.29, 1.82) is 0 Å². The predicted molar refractivity (Wildman–Crippen MR) is 74.3 cm³/mol. The van der Waals surface area contributed by atoms with Gasteiger partial charge in [-0.2, -0.15) is 5.10 Å². The Balaban J connectivity index is 1.90. The van der Waals surface area contributed by atoms with E-state index in [2.05, 4.69) is 15.7 Å². The summed E-state index contributed by atoms with van der Waals surface area (Å²) in [5.41, 5.74) is 6.66. The van der Waals surface area contributed by atoms with Crippen molar-refractivity contribution in [1.82, 2.24) is 15.1 Å². The SMILES string of the molecule is NCC(=O)NCC(=O)Nc1ccc(-n2cccn2)cc1. The van der Waals surface area contributed by atoms with Crippen molar-refractivity contribution in [3.63, 3.8) is 0 Å². The maximum atomic E-state index is 11.6. The fraction of sp³-hybridized carbons (Fsp3) is 0.154. The van der Waals surface area contributed by atoms with Crippen LogP contribution in [0.5, 0.6) is 0 Å². The van der Waals surface area contributed by atoms with Gasteiger partial charge in [-0.05, 0) is 30.3 Å². The molecule has 0 unspecified atom stereocenters. The van der Waals surface area contributed by atoms with E-state index < -0.39 is 0 Å². The summed E-state index contributed by atoms with van der Waals surface area (Å²) in [6.07, 6.45) is 3.52. The molecule has 1 aromatic carbocycles. The third-order valence-corrected chi connectivity index (χ3v) is 2.55. The molecule has 4 N–H and O–H groups in total. The number of carbonyl (C=O) groups excluding carboxylic acids is 2. The van der Waals surface area contributed by atoms with Crippen molar-refractivity contribution >= 4 is 17.5 Å².